The van der Waals surface area contributed by atoms with Gasteiger partial charge in [-0.25, -0.2) is 4.39 Å². The molecule has 0 spiro atoms. The number of methoxy groups -OCH3 is 1. The number of nitrogens with one attached hydrogen (secondary N) is 1. The zero-order valence-corrected chi connectivity index (χ0v) is 25.3. The Morgan fingerprint density at radius 3 is 2.64 bits per heavy atom. The molecule has 1 N–H and O–H groups in total. The lowest BCUT2D eigenvalue weighted by Gasteiger charge is -2.34. The van der Waals surface area contributed by atoms with E-state index in [0.717, 1.165) is 34.6 Å². The average Bonchev–Trinajstić information content (AvgIpc) is 3.32. The maximum atomic E-state index is 15.2. The fourth-order valence-corrected chi connectivity index (χ4v) is 6.22. The van der Waals surface area contributed by atoms with Crippen LogP contribution in [0, 0.1) is 12.7 Å². The molecule has 0 bridgehead atoms. The van der Waals surface area contributed by atoms with Crippen molar-refractivity contribution in [2.45, 2.75) is 39.2 Å². The van der Waals surface area contributed by atoms with Gasteiger partial charge in [0.25, 0.3) is 11.5 Å². The van der Waals surface area contributed by atoms with Crippen LogP contribution in [0.2, 0.25) is 0 Å². The van der Waals surface area contributed by atoms with Crippen LogP contribution in [-0.2, 0) is 0 Å². The molecule has 0 saturated heterocycles. The first-order valence-corrected chi connectivity index (χ1v) is 14.2. The molecule has 9 heteroatoms. The van der Waals surface area contributed by atoms with Crippen LogP contribution in [0.4, 0.5) is 10.1 Å². The van der Waals surface area contributed by atoms with Gasteiger partial charge in [0.2, 0.25) is 5.75 Å². The predicted octanol–water partition coefficient (Wildman–Crippen LogP) is 5.11. The van der Waals surface area contributed by atoms with Crippen molar-refractivity contribution in [2.75, 3.05) is 46.7 Å². The van der Waals surface area contributed by atoms with E-state index in [0.29, 0.717) is 29.8 Å². The van der Waals surface area contributed by atoms with Crippen molar-refractivity contribution in [1.29, 1.82) is 0 Å². The number of aryl methyl sites for hydroxylation is 1. The smallest absolute Gasteiger partial charge is 0.299 e. The minimum Gasteiger partial charge on any atom is -0.490 e. The van der Waals surface area contributed by atoms with E-state index < -0.39 is 0 Å². The van der Waals surface area contributed by atoms with Crippen molar-refractivity contribution >= 4 is 23.2 Å². The number of pyridine rings is 2. The fourth-order valence-electron chi connectivity index (χ4n) is 6.22. The highest BCUT2D eigenvalue weighted by Crippen LogP contribution is 2.41. The van der Waals surface area contributed by atoms with Crippen molar-refractivity contribution in [3.05, 3.63) is 92.4 Å². The molecule has 0 radical (unpaired) electrons. The van der Waals surface area contributed by atoms with Crippen LogP contribution >= 0.6 is 0 Å². The van der Waals surface area contributed by atoms with Gasteiger partial charge in [0.1, 0.15) is 5.82 Å². The van der Waals surface area contributed by atoms with Gasteiger partial charge in [-0.1, -0.05) is 13.0 Å². The van der Waals surface area contributed by atoms with Crippen LogP contribution in [0.1, 0.15) is 58.9 Å². The molecule has 2 atom stereocenters. The van der Waals surface area contributed by atoms with Crippen LogP contribution in [0.15, 0.2) is 53.1 Å². The molecular formula is C33H38FN5O3. The number of rotatable bonds is 7. The SMILES string of the molecule is CNc1ccn(-c2ccnc3c2C=C([C@H](C)N2CC=C(c4c(C)cc(C(=O)N(C)C)cc4F)CC2)[C@H]3C)c(=O)c1OC. The number of benzene rings is 1. The normalized spacial score (nSPS) is 17.3. The number of carbonyl (C=O) groups excluding carboxylic acids is 1. The quantitative estimate of drug-likeness (QED) is 0.425. The van der Waals surface area contributed by atoms with Crippen molar-refractivity contribution in [3.8, 4) is 11.4 Å². The molecule has 0 fully saturated rings. The number of hydrogen-bond acceptors (Lipinski definition) is 6. The Labute approximate surface area is 246 Å². The van der Waals surface area contributed by atoms with Crippen LogP contribution in [0.3, 0.4) is 0 Å². The van der Waals surface area contributed by atoms with Crippen molar-refractivity contribution in [3.63, 3.8) is 0 Å². The van der Waals surface area contributed by atoms with Gasteiger partial charge < -0.3 is 15.0 Å². The van der Waals surface area contributed by atoms with Crippen LogP contribution < -0.4 is 15.6 Å². The fraction of sp³-hybridized carbons (Fsp3) is 0.364. The Hall–Kier alpha value is -4.24. The topological polar surface area (TPSA) is 79.7 Å². The van der Waals surface area contributed by atoms with E-state index in [-0.39, 0.29) is 35.0 Å². The van der Waals surface area contributed by atoms with E-state index in [1.807, 2.05) is 19.1 Å². The molecular weight excluding hydrogens is 533 g/mol. The summed E-state index contributed by atoms with van der Waals surface area (Å²) in [5, 5.41) is 3.01. The first-order valence-electron chi connectivity index (χ1n) is 14.2. The molecule has 1 aliphatic heterocycles. The lowest BCUT2D eigenvalue weighted by molar-refractivity contribution is 0.0827. The van der Waals surface area contributed by atoms with Crippen LogP contribution in [0.5, 0.6) is 5.75 Å². The summed E-state index contributed by atoms with van der Waals surface area (Å²) in [6.07, 6.45) is 8.48. The van der Waals surface area contributed by atoms with Gasteiger partial charge in [0.15, 0.2) is 0 Å². The van der Waals surface area contributed by atoms with Crippen molar-refractivity contribution in [2.24, 2.45) is 0 Å². The van der Waals surface area contributed by atoms with Crippen molar-refractivity contribution in [1.82, 2.24) is 19.4 Å². The standard InChI is InChI=1S/C33H38FN5O3/c1-19-16-23(32(40)37(5)6)17-26(34)29(19)22-9-13-38(14-10-22)21(3)24-18-25-28(8-12-36-30(25)20(24)2)39-15-11-27(35-4)31(42-7)33(39)41/h8-9,11-12,15-18,20-21,35H,10,13-14H2,1-7H3/t20-,21+/m1/s1. The zero-order chi connectivity index (χ0) is 30.3. The van der Waals surface area contributed by atoms with E-state index in [9.17, 15) is 9.59 Å². The van der Waals surface area contributed by atoms with Gasteiger partial charge in [0.05, 0.1) is 24.2 Å². The highest BCUT2D eigenvalue weighted by Gasteiger charge is 2.32. The summed E-state index contributed by atoms with van der Waals surface area (Å²) in [5.41, 5.74) is 6.95. The number of amides is 1. The predicted molar refractivity (Wildman–Crippen MR) is 165 cm³/mol. The number of carbonyl (C=O) groups is 1. The Bertz CT molecular complexity index is 1650. The Morgan fingerprint density at radius 1 is 1.26 bits per heavy atom. The number of halogens is 1. The van der Waals surface area contributed by atoms with E-state index in [1.165, 1.54) is 23.6 Å². The summed E-state index contributed by atoms with van der Waals surface area (Å²) < 4.78 is 22.3. The van der Waals surface area contributed by atoms with E-state index in [1.54, 1.807) is 44.2 Å². The van der Waals surface area contributed by atoms with Gasteiger partial charge in [0, 0.05) is 75.3 Å². The molecule has 5 rings (SSSR count). The molecule has 1 aromatic carbocycles. The number of aromatic nitrogens is 2. The largest absolute Gasteiger partial charge is 0.490 e. The lowest BCUT2D eigenvalue weighted by atomic mass is 9.91. The minimum atomic E-state index is -0.358. The summed E-state index contributed by atoms with van der Waals surface area (Å²) in [6, 6.07) is 6.93. The third-order valence-electron chi connectivity index (χ3n) is 8.53. The number of nitrogens with zero attached hydrogens (tertiary/aromatic N) is 4. The summed E-state index contributed by atoms with van der Waals surface area (Å²) in [4.78, 5) is 34.2. The molecule has 3 aromatic rings. The Morgan fingerprint density at radius 2 is 2.02 bits per heavy atom. The monoisotopic (exact) mass is 571 g/mol. The molecule has 1 aliphatic carbocycles. The molecule has 1 amide bonds. The number of anilines is 1. The zero-order valence-electron chi connectivity index (χ0n) is 25.3. The van der Waals surface area contributed by atoms with Gasteiger partial charge in [-0.15, -0.1) is 0 Å². The summed E-state index contributed by atoms with van der Waals surface area (Å²) in [5.74, 6) is -0.229. The highest BCUT2D eigenvalue weighted by molar-refractivity contribution is 5.94. The first-order chi connectivity index (χ1) is 20.1. The van der Waals surface area contributed by atoms with Gasteiger partial charge in [-0.05, 0) is 67.3 Å². The summed E-state index contributed by atoms with van der Waals surface area (Å²) in [7, 11) is 6.58. The van der Waals surface area contributed by atoms with Gasteiger partial charge in [-0.3, -0.25) is 24.0 Å². The summed E-state index contributed by atoms with van der Waals surface area (Å²) >= 11 is 0. The first kappa shape index (κ1) is 29.3. The molecule has 220 valence electrons. The molecule has 2 aliphatic rings. The average molecular weight is 572 g/mol. The highest BCUT2D eigenvalue weighted by atomic mass is 19.1. The third kappa shape index (κ3) is 5.02. The van der Waals surface area contributed by atoms with E-state index in [4.69, 9.17) is 9.72 Å². The van der Waals surface area contributed by atoms with E-state index >= 15 is 4.39 Å². The maximum absolute atomic E-state index is 15.2. The second-order valence-corrected chi connectivity index (χ2v) is 11.2. The number of hydrogen-bond donors (Lipinski definition) is 1. The molecule has 42 heavy (non-hydrogen) atoms. The number of fused-ring (bicyclic) bond motifs is 1. The van der Waals surface area contributed by atoms with Crippen molar-refractivity contribution < 1.29 is 13.9 Å². The summed E-state index contributed by atoms with van der Waals surface area (Å²) in [6.45, 7) is 7.65. The molecule has 3 heterocycles. The number of ether oxygens (including phenoxy) is 1. The van der Waals surface area contributed by atoms with Gasteiger partial charge in [-0.2, -0.15) is 0 Å². The molecule has 0 unspecified atom stereocenters. The van der Waals surface area contributed by atoms with E-state index in [2.05, 4.69) is 36.2 Å². The second kappa shape index (κ2) is 11.6. The Balaban J connectivity index is 1.41. The lowest BCUT2D eigenvalue weighted by Crippen LogP contribution is -2.38. The molecule has 2 aromatic heterocycles. The molecule has 0 saturated carbocycles. The van der Waals surface area contributed by atoms with Crippen LogP contribution in [-0.4, -0.2) is 72.6 Å². The molecule has 8 nitrogen and oxygen atoms in total. The maximum Gasteiger partial charge on any atom is 0.299 e. The Kier molecular flexibility index (Phi) is 8.06. The second-order valence-electron chi connectivity index (χ2n) is 11.2. The third-order valence-corrected chi connectivity index (χ3v) is 8.53. The van der Waals surface area contributed by atoms with Gasteiger partial charge >= 0.3 is 0 Å². The minimum absolute atomic E-state index is 0.0796. The van der Waals surface area contributed by atoms with Crippen LogP contribution in [0.25, 0.3) is 17.3 Å².